The molecule has 0 aliphatic heterocycles. The van der Waals surface area contributed by atoms with Gasteiger partial charge in [0.15, 0.2) is 5.82 Å². The van der Waals surface area contributed by atoms with Crippen LogP contribution < -0.4 is 4.90 Å². The van der Waals surface area contributed by atoms with Crippen molar-refractivity contribution >= 4 is 23.1 Å². The Bertz CT molecular complexity index is 766. The summed E-state index contributed by atoms with van der Waals surface area (Å²) in [5.41, 5.74) is 1.70. The van der Waals surface area contributed by atoms with E-state index in [0.29, 0.717) is 11.5 Å². The number of carboxylic acid groups (broad SMARTS) is 1. The van der Waals surface area contributed by atoms with Gasteiger partial charge in [-0.2, -0.15) is 0 Å². The van der Waals surface area contributed by atoms with E-state index in [1.165, 1.54) is 0 Å². The molecule has 0 saturated carbocycles. The number of aromatic nitrogens is 4. The first-order chi connectivity index (χ1) is 9.66. The number of carbonyl (C=O) groups is 1. The van der Waals surface area contributed by atoms with Gasteiger partial charge in [0.05, 0.1) is 5.56 Å². The molecule has 0 aliphatic carbocycles. The molecule has 7 nitrogen and oxygen atoms in total. The van der Waals surface area contributed by atoms with Crippen molar-refractivity contribution in [2.45, 2.75) is 0 Å². The molecule has 1 aromatic carbocycles. The van der Waals surface area contributed by atoms with Crippen LogP contribution in [0, 0.1) is 0 Å². The number of anilines is 2. The monoisotopic (exact) mass is 269 g/mol. The van der Waals surface area contributed by atoms with Gasteiger partial charge in [0.25, 0.3) is 0 Å². The summed E-state index contributed by atoms with van der Waals surface area (Å²) in [5.74, 6) is -0.301. The van der Waals surface area contributed by atoms with Gasteiger partial charge in [0.1, 0.15) is 6.33 Å². The lowest BCUT2D eigenvalue weighted by Crippen LogP contribution is -2.13. The first-order valence-corrected chi connectivity index (χ1v) is 5.88. The second-order valence-corrected chi connectivity index (χ2v) is 4.22. The molecule has 0 saturated heterocycles. The smallest absolute Gasteiger partial charge is 0.335 e. The van der Waals surface area contributed by atoms with Crippen LogP contribution in [0.2, 0.25) is 0 Å². The minimum absolute atomic E-state index is 0.246. The van der Waals surface area contributed by atoms with Crippen LogP contribution >= 0.6 is 0 Å². The van der Waals surface area contributed by atoms with Crippen LogP contribution in [0.25, 0.3) is 5.65 Å². The minimum atomic E-state index is -0.947. The maximum Gasteiger partial charge on any atom is 0.335 e. The number of nitrogens with zero attached hydrogens (tertiary/aromatic N) is 5. The molecule has 0 fully saturated rings. The van der Waals surface area contributed by atoms with Crippen LogP contribution in [0.3, 0.4) is 0 Å². The van der Waals surface area contributed by atoms with Crippen LogP contribution in [-0.2, 0) is 0 Å². The highest BCUT2D eigenvalue weighted by atomic mass is 16.4. The highest BCUT2D eigenvalue weighted by molar-refractivity contribution is 5.88. The lowest BCUT2D eigenvalue weighted by atomic mass is 10.2. The summed E-state index contributed by atoms with van der Waals surface area (Å²) in [5, 5.41) is 16.8. The van der Waals surface area contributed by atoms with Gasteiger partial charge in [-0.3, -0.25) is 4.40 Å². The van der Waals surface area contributed by atoms with Crippen LogP contribution in [0.1, 0.15) is 10.4 Å². The molecular formula is C13H11N5O2. The van der Waals surface area contributed by atoms with E-state index in [1.807, 2.05) is 11.9 Å². The predicted octanol–water partition coefficient (Wildman–Crippen LogP) is 1.59. The van der Waals surface area contributed by atoms with Crippen molar-refractivity contribution < 1.29 is 9.90 Å². The van der Waals surface area contributed by atoms with Gasteiger partial charge in [-0.1, -0.05) is 0 Å². The highest BCUT2D eigenvalue weighted by Crippen LogP contribution is 2.24. The summed E-state index contributed by atoms with van der Waals surface area (Å²) >= 11 is 0. The Morgan fingerprint density at radius 3 is 2.75 bits per heavy atom. The van der Waals surface area contributed by atoms with E-state index in [4.69, 9.17) is 5.11 Å². The van der Waals surface area contributed by atoms with Gasteiger partial charge in [-0.25, -0.2) is 9.78 Å². The maximum atomic E-state index is 10.8. The summed E-state index contributed by atoms with van der Waals surface area (Å²) in [4.78, 5) is 17.0. The van der Waals surface area contributed by atoms with Gasteiger partial charge in [0.2, 0.25) is 5.65 Å². The van der Waals surface area contributed by atoms with E-state index in [0.717, 1.165) is 5.69 Å². The quantitative estimate of drug-likeness (QED) is 0.777. The molecular weight excluding hydrogens is 258 g/mol. The fourth-order valence-electron chi connectivity index (χ4n) is 1.93. The second-order valence-electron chi connectivity index (χ2n) is 4.22. The normalized spacial score (nSPS) is 10.7. The van der Waals surface area contributed by atoms with E-state index in [-0.39, 0.29) is 5.56 Å². The van der Waals surface area contributed by atoms with Crippen LogP contribution in [0.15, 0.2) is 43.0 Å². The fraction of sp³-hybridized carbons (Fsp3) is 0.0769. The van der Waals surface area contributed by atoms with Crippen LogP contribution in [0.5, 0.6) is 0 Å². The maximum absolute atomic E-state index is 10.8. The molecule has 20 heavy (non-hydrogen) atoms. The van der Waals surface area contributed by atoms with Crippen LogP contribution in [0.4, 0.5) is 11.5 Å². The average molecular weight is 269 g/mol. The molecule has 0 spiro atoms. The molecule has 2 aromatic heterocycles. The van der Waals surface area contributed by atoms with Crippen LogP contribution in [-0.4, -0.2) is 37.7 Å². The lowest BCUT2D eigenvalue weighted by molar-refractivity contribution is 0.0697. The highest BCUT2D eigenvalue weighted by Gasteiger charge is 2.12. The third-order valence-corrected chi connectivity index (χ3v) is 3.02. The number of rotatable bonds is 3. The molecule has 3 aromatic rings. The van der Waals surface area contributed by atoms with Gasteiger partial charge < -0.3 is 10.0 Å². The van der Waals surface area contributed by atoms with Crippen molar-refractivity contribution in [3.8, 4) is 0 Å². The van der Waals surface area contributed by atoms with Gasteiger partial charge in [0, 0.05) is 25.1 Å². The average Bonchev–Trinajstić information content (AvgIpc) is 2.95. The largest absolute Gasteiger partial charge is 0.478 e. The molecule has 3 rings (SSSR count). The predicted molar refractivity (Wildman–Crippen MR) is 72.2 cm³/mol. The number of carboxylic acids is 1. The Hall–Kier alpha value is -2.96. The third-order valence-electron chi connectivity index (χ3n) is 3.02. The fourth-order valence-corrected chi connectivity index (χ4v) is 1.93. The zero-order valence-corrected chi connectivity index (χ0v) is 10.6. The Kier molecular flexibility index (Phi) is 2.79. The molecule has 0 atom stereocenters. The number of fused-ring (bicyclic) bond motifs is 1. The Labute approximate surface area is 114 Å². The lowest BCUT2D eigenvalue weighted by Gasteiger charge is -2.18. The summed E-state index contributed by atoms with van der Waals surface area (Å²) in [7, 11) is 1.84. The van der Waals surface area contributed by atoms with E-state index >= 15 is 0 Å². The molecule has 0 radical (unpaired) electrons. The first-order valence-electron chi connectivity index (χ1n) is 5.88. The van der Waals surface area contributed by atoms with Gasteiger partial charge >= 0.3 is 5.97 Å². The van der Waals surface area contributed by atoms with Crippen molar-refractivity contribution in [1.82, 2.24) is 19.6 Å². The van der Waals surface area contributed by atoms with E-state index < -0.39 is 5.97 Å². The summed E-state index contributed by atoms with van der Waals surface area (Å²) < 4.78 is 1.77. The zero-order chi connectivity index (χ0) is 14.1. The number of benzene rings is 1. The SMILES string of the molecule is CN(c1ccc(C(=O)O)cc1)c1nccn2cnnc12. The molecule has 100 valence electrons. The molecule has 0 bridgehead atoms. The van der Waals surface area contributed by atoms with Gasteiger partial charge in [-0.15, -0.1) is 10.2 Å². The molecule has 2 heterocycles. The molecule has 7 heteroatoms. The van der Waals surface area contributed by atoms with E-state index in [2.05, 4.69) is 15.2 Å². The molecule has 0 amide bonds. The van der Waals surface area contributed by atoms with E-state index in [1.54, 1.807) is 47.4 Å². The van der Waals surface area contributed by atoms with Crippen molar-refractivity contribution in [2.75, 3.05) is 11.9 Å². The van der Waals surface area contributed by atoms with Crippen molar-refractivity contribution in [2.24, 2.45) is 0 Å². The Balaban J connectivity index is 2.01. The van der Waals surface area contributed by atoms with Crippen molar-refractivity contribution in [3.63, 3.8) is 0 Å². The Morgan fingerprint density at radius 2 is 2.05 bits per heavy atom. The summed E-state index contributed by atoms with van der Waals surface area (Å²) in [6.07, 6.45) is 5.02. The second kappa shape index (κ2) is 4.61. The minimum Gasteiger partial charge on any atom is -0.478 e. The van der Waals surface area contributed by atoms with Gasteiger partial charge in [-0.05, 0) is 24.3 Å². The van der Waals surface area contributed by atoms with Crippen molar-refractivity contribution in [1.29, 1.82) is 0 Å². The third kappa shape index (κ3) is 1.95. The number of aromatic carboxylic acids is 1. The van der Waals surface area contributed by atoms with Crippen molar-refractivity contribution in [3.05, 3.63) is 48.5 Å². The molecule has 1 N–H and O–H groups in total. The summed E-state index contributed by atoms with van der Waals surface area (Å²) in [6.45, 7) is 0. The first kappa shape index (κ1) is 12.1. The molecule has 0 aliphatic rings. The number of hydrogen-bond acceptors (Lipinski definition) is 5. The topological polar surface area (TPSA) is 83.6 Å². The van der Waals surface area contributed by atoms with E-state index in [9.17, 15) is 4.79 Å². The Morgan fingerprint density at radius 1 is 1.30 bits per heavy atom. The standard InChI is InChI=1S/C13H11N5O2/c1-17(10-4-2-9(3-5-10)13(19)20)11-12-16-15-8-18(12)7-6-14-11/h2-8H,1H3,(H,19,20). The summed E-state index contributed by atoms with van der Waals surface area (Å²) in [6, 6.07) is 6.56. The number of hydrogen-bond donors (Lipinski definition) is 1. The zero-order valence-electron chi connectivity index (χ0n) is 10.6. The molecule has 0 unspecified atom stereocenters.